The fourth-order valence-corrected chi connectivity index (χ4v) is 3.38. The second-order valence-electron chi connectivity index (χ2n) is 4.51. The summed E-state index contributed by atoms with van der Waals surface area (Å²) < 4.78 is 31.8. The molecule has 0 radical (unpaired) electrons. The second-order valence-corrected chi connectivity index (χ2v) is 6.63. The van der Waals surface area contributed by atoms with Crippen molar-refractivity contribution in [2.24, 2.45) is 0 Å². The zero-order chi connectivity index (χ0) is 15.0. The van der Waals surface area contributed by atoms with Crippen LogP contribution in [0, 0.1) is 0 Å². The van der Waals surface area contributed by atoms with E-state index in [4.69, 9.17) is 16.3 Å². The standard InChI is InChI=1S/C14H10ClNO4S/c15-10-2-1-3-12(6-10)21(18,19)16-11-5-4-9-8-20-14(17)13(9)7-11/h1-7,16H,8H2. The Bertz CT molecular complexity index is 833. The maximum atomic E-state index is 12.2. The molecule has 0 fully saturated rings. The number of halogens is 1. The van der Waals surface area contributed by atoms with E-state index >= 15 is 0 Å². The topological polar surface area (TPSA) is 72.5 Å². The average molecular weight is 324 g/mol. The first-order valence-corrected chi connectivity index (χ1v) is 7.90. The van der Waals surface area contributed by atoms with Crippen LogP contribution in [-0.2, 0) is 21.4 Å². The minimum absolute atomic E-state index is 0.0538. The van der Waals surface area contributed by atoms with Crippen LogP contribution in [0.1, 0.15) is 15.9 Å². The molecule has 0 bridgehead atoms. The van der Waals surface area contributed by atoms with E-state index in [0.717, 1.165) is 5.56 Å². The van der Waals surface area contributed by atoms with Crippen molar-refractivity contribution in [1.82, 2.24) is 0 Å². The first-order valence-electron chi connectivity index (χ1n) is 6.04. The number of esters is 1. The predicted molar refractivity (Wildman–Crippen MR) is 77.8 cm³/mol. The first-order chi connectivity index (χ1) is 9.95. The molecule has 2 aromatic rings. The molecule has 1 aliphatic rings. The van der Waals surface area contributed by atoms with E-state index in [9.17, 15) is 13.2 Å². The molecule has 3 rings (SSSR count). The lowest BCUT2D eigenvalue weighted by atomic mass is 10.1. The van der Waals surface area contributed by atoms with Crippen molar-refractivity contribution in [3.63, 3.8) is 0 Å². The van der Waals surface area contributed by atoms with Crippen LogP contribution in [0.25, 0.3) is 0 Å². The summed E-state index contributed by atoms with van der Waals surface area (Å²) in [5, 5.41) is 0.329. The molecular weight excluding hydrogens is 314 g/mol. The maximum absolute atomic E-state index is 12.2. The molecule has 0 atom stereocenters. The quantitative estimate of drug-likeness (QED) is 0.882. The normalized spacial score (nSPS) is 13.7. The number of hydrogen-bond donors (Lipinski definition) is 1. The monoisotopic (exact) mass is 323 g/mol. The molecular formula is C14H10ClNO4S. The van der Waals surface area contributed by atoms with Gasteiger partial charge in [0.1, 0.15) is 6.61 Å². The zero-order valence-corrected chi connectivity index (χ0v) is 12.2. The third-order valence-corrected chi connectivity index (χ3v) is 4.66. The summed E-state index contributed by atoms with van der Waals surface area (Å²) in [6.07, 6.45) is 0. The molecule has 0 aromatic heterocycles. The molecule has 1 N–H and O–H groups in total. The van der Waals surface area contributed by atoms with Gasteiger partial charge in [0.25, 0.3) is 10.0 Å². The smallest absolute Gasteiger partial charge is 0.338 e. The van der Waals surface area contributed by atoms with E-state index in [1.54, 1.807) is 24.3 Å². The fraction of sp³-hybridized carbons (Fsp3) is 0.0714. The highest BCUT2D eigenvalue weighted by Crippen LogP contribution is 2.25. The van der Waals surface area contributed by atoms with Crippen molar-refractivity contribution >= 4 is 33.3 Å². The highest BCUT2D eigenvalue weighted by molar-refractivity contribution is 7.92. The number of anilines is 1. The molecule has 108 valence electrons. The van der Waals surface area contributed by atoms with Crippen molar-refractivity contribution in [2.75, 3.05) is 4.72 Å². The Morgan fingerprint density at radius 3 is 2.71 bits per heavy atom. The minimum atomic E-state index is -3.76. The molecule has 0 spiro atoms. The van der Waals surface area contributed by atoms with Gasteiger partial charge in [-0.1, -0.05) is 23.7 Å². The van der Waals surface area contributed by atoms with Crippen LogP contribution in [0.4, 0.5) is 5.69 Å². The molecule has 1 heterocycles. The summed E-state index contributed by atoms with van der Waals surface area (Å²) in [4.78, 5) is 11.5. The Balaban J connectivity index is 1.93. The van der Waals surface area contributed by atoms with Crippen molar-refractivity contribution in [1.29, 1.82) is 0 Å². The Hall–Kier alpha value is -2.05. The lowest BCUT2D eigenvalue weighted by molar-refractivity contribution is 0.0535. The molecule has 1 aliphatic heterocycles. The number of benzene rings is 2. The SMILES string of the molecule is O=C1OCc2ccc(NS(=O)(=O)c3cccc(Cl)c3)cc21. The summed E-state index contributed by atoms with van der Waals surface area (Å²) >= 11 is 5.80. The first kappa shape index (κ1) is 13.9. The van der Waals surface area contributed by atoms with Crippen LogP contribution in [0.15, 0.2) is 47.4 Å². The number of hydrogen-bond acceptors (Lipinski definition) is 4. The number of carbonyl (C=O) groups is 1. The van der Waals surface area contributed by atoms with Gasteiger partial charge in [0.2, 0.25) is 0 Å². The molecule has 0 unspecified atom stereocenters. The second kappa shape index (κ2) is 5.05. The van der Waals surface area contributed by atoms with Crippen molar-refractivity contribution in [2.45, 2.75) is 11.5 Å². The van der Waals surface area contributed by atoms with Crippen molar-refractivity contribution in [3.8, 4) is 0 Å². The minimum Gasteiger partial charge on any atom is -0.457 e. The van der Waals surface area contributed by atoms with Gasteiger partial charge in [-0.05, 0) is 30.3 Å². The predicted octanol–water partition coefficient (Wildman–Crippen LogP) is 2.81. The Kier molecular flexibility index (Phi) is 3.35. The van der Waals surface area contributed by atoms with E-state index in [0.29, 0.717) is 16.3 Å². The Morgan fingerprint density at radius 2 is 1.95 bits per heavy atom. The summed E-state index contributed by atoms with van der Waals surface area (Å²) in [5.41, 5.74) is 1.42. The van der Waals surface area contributed by atoms with Crippen molar-refractivity contribution < 1.29 is 17.9 Å². The van der Waals surface area contributed by atoms with E-state index in [1.165, 1.54) is 18.2 Å². The molecule has 0 amide bonds. The molecule has 7 heteroatoms. The van der Waals surface area contributed by atoms with Gasteiger partial charge in [0.05, 0.1) is 10.5 Å². The fourth-order valence-electron chi connectivity index (χ4n) is 2.03. The van der Waals surface area contributed by atoms with Gasteiger partial charge in [-0.2, -0.15) is 0 Å². The zero-order valence-electron chi connectivity index (χ0n) is 10.7. The molecule has 0 saturated carbocycles. The highest BCUT2D eigenvalue weighted by atomic mass is 35.5. The maximum Gasteiger partial charge on any atom is 0.338 e. The molecule has 0 saturated heterocycles. The van der Waals surface area contributed by atoms with E-state index in [2.05, 4.69) is 4.72 Å². The van der Waals surface area contributed by atoms with Crippen LogP contribution in [-0.4, -0.2) is 14.4 Å². The van der Waals surface area contributed by atoms with Crippen LogP contribution >= 0.6 is 11.6 Å². The number of rotatable bonds is 3. The van der Waals surface area contributed by atoms with E-state index in [1.807, 2.05) is 0 Å². The lowest BCUT2D eigenvalue weighted by Crippen LogP contribution is -2.13. The van der Waals surface area contributed by atoms with Crippen LogP contribution < -0.4 is 4.72 Å². The highest BCUT2D eigenvalue weighted by Gasteiger charge is 2.22. The largest absolute Gasteiger partial charge is 0.457 e. The summed E-state index contributed by atoms with van der Waals surface area (Å²) in [6, 6.07) is 10.6. The van der Waals surface area contributed by atoms with Crippen LogP contribution in [0.2, 0.25) is 5.02 Å². The van der Waals surface area contributed by atoms with Gasteiger partial charge in [-0.3, -0.25) is 4.72 Å². The number of carbonyl (C=O) groups excluding carboxylic acids is 1. The Labute approximate surface area is 126 Å². The van der Waals surface area contributed by atoms with E-state index in [-0.39, 0.29) is 11.5 Å². The Morgan fingerprint density at radius 1 is 1.14 bits per heavy atom. The molecule has 5 nitrogen and oxygen atoms in total. The number of fused-ring (bicyclic) bond motifs is 1. The number of sulfonamides is 1. The third-order valence-electron chi connectivity index (χ3n) is 3.05. The molecule has 0 aliphatic carbocycles. The average Bonchev–Trinajstić information content (AvgIpc) is 2.80. The van der Waals surface area contributed by atoms with Gasteiger partial charge in [-0.25, -0.2) is 13.2 Å². The van der Waals surface area contributed by atoms with Crippen molar-refractivity contribution in [3.05, 3.63) is 58.6 Å². The third kappa shape index (κ3) is 2.72. The number of nitrogens with one attached hydrogen (secondary N) is 1. The summed E-state index contributed by atoms with van der Waals surface area (Å²) in [6.45, 7) is 0.218. The van der Waals surface area contributed by atoms with Gasteiger partial charge in [0, 0.05) is 16.3 Å². The van der Waals surface area contributed by atoms with E-state index < -0.39 is 16.0 Å². The van der Waals surface area contributed by atoms with Crippen LogP contribution in [0.3, 0.4) is 0 Å². The molecule has 2 aromatic carbocycles. The van der Waals surface area contributed by atoms with Gasteiger partial charge in [-0.15, -0.1) is 0 Å². The number of ether oxygens (including phenoxy) is 1. The van der Waals surface area contributed by atoms with Gasteiger partial charge < -0.3 is 4.74 Å². The number of cyclic esters (lactones) is 1. The lowest BCUT2D eigenvalue weighted by Gasteiger charge is -2.09. The van der Waals surface area contributed by atoms with Gasteiger partial charge >= 0.3 is 5.97 Å². The van der Waals surface area contributed by atoms with Crippen LogP contribution in [0.5, 0.6) is 0 Å². The summed E-state index contributed by atoms with van der Waals surface area (Å²) in [5.74, 6) is -0.450. The molecule has 21 heavy (non-hydrogen) atoms. The van der Waals surface area contributed by atoms with Gasteiger partial charge in [0.15, 0.2) is 0 Å². The summed E-state index contributed by atoms with van der Waals surface area (Å²) in [7, 11) is -3.76.